The number of carbonyl (C=O) groups is 2. The number of benzene rings is 3. The summed E-state index contributed by atoms with van der Waals surface area (Å²) in [4.78, 5) is 26.2. The first kappa shape index (κ1) is 25.7. The second-order valence-corrected chi connectivity index (χ2v) is 9.55. The van der Waals surface area contributed by atoms with E-state index in [4.69, 9.17) is 4.74 Å². The van der Waals surface area contributed by atoms with Crippen LogP contribution in [0.1, 0.15) is 84.9 Å². The molecular formula is C32H37NO3. The number of hydrogen-bond acceptors (Lipinski definition) is 3. The highest BCUT2D eigenvalue weighted by molar-refractivity contribution is 6.21. The number of ether oxygens (including phenoxy) is 1. The van der Waals surface area contributed by atoms with Crippen molar-refractivity contribution in [1.82, 2.24) is 4.90 Å². The quantitative estimate of drug-likeness (QED) is 0.163. The van der Waals surface area contributed by atoms with Crippen molar-refractivity contribution >= 4 is 11.8 Å². The van der Waals surface area contributed by atoms with Crippen LogP contribution in [-0.2, 0) is 0 Å². The van der Waals surface area contributed by atoms with Crippen molar-refractivity contribution < 1.29 is 14.3 Å². The van der Waals surface area contributed by atoms with Crippen LogP contribution in [0.15, 0.2) is 78.9 Å². The first-order valence-electron chi connectivity index (χ1n) is 13.5. The van der Waals surface area contributed by atoms with Crippen LogP contribution in [0.5, 0.6) is 5.75 Å². The van der Waals surface area contributed by atoms with Gasteiger partial charge in [0.25, 0.3) is 11.8 Å². The smallest absolute Gasteiger partial charge is 0.261 e. The Morgan fingerprint density at radius 1 is 0.500 bits per heavy atom. The largest absolute Gasteiger partial charge is 0.493 e. The Bertz CT molecular complexity index is 1090. The number of rotatable bonds is 15. The van der Waals surface area contributed by atoms with Crippen LogP contribution in [-0.4, -0.2) is 29.9 Å². The van der Waals surface area contributed by atoms with Crippen LogP contribution in [0.2, 0.25) is 0 Å². The summed E-state index contributed by atoms with van der Waals surface area (Å²) in [6, 6.07) is 25.8. The maximum Gasteiger partial charge on any atom is 0.261 e. The van der Waals surface area contributed by atoms with Gasteiger partial charge in [-0.25, -0.2) is 0 Å². The average Bonchev–Trinajstić information content (AvgIpc) is 3.17. The zero-order valence-corrected chi connectivity index (χ0v) is 21.2. The molecule has 0 atom stereocenters. The zero-order valence-electron chi connectivity index (χ0n) is 21.2. The van der Waals surface area contributed by atoms with Gasteiger partial charge in [0, 0.05) is 12.1 Å². The van der Waals surface area contributed by atoms with E-state index in [2.05, 4.69) is 42.5 Å². The Labute approximate surface area is 215 Å². The number of nitrogens with zero attached hydrogens (tertiary/aromatic N) is 1. The summed E-state index contributed by atoms with van der Waals surface area (Å²) < 4.78 is 6.10. The van der Waals surface area contributed by atoms with Gasteiger partial charge in [-0.05, 0) is 36.6 Å². The Balaban J connectivity index is 0.996. The third-order valence-electron chi connectivity index (χ3n) is 6.88. The highest BCUT2D eigenvalue weighted by Gasteiger charge is 2.34. The summed E-state index contributed by atoms with van der Waals surface area (Å²) >= 11 is 0. The highest BCUT2D eigenvalue weighted by Crippen LogP contribution is 2.29. The van der Waals surface area contributed by atoms with E-state index in [9.17, 15) is 9.59 Å². The molecule has 0 N–H and O–H groups in total. The molecule has 0 saturated carbocycles. The fraction of sp³-hybridized carbons (Fsp3) is 0.375. The molecule has 0 aromatic heterocycles. The molecule has 0 spiro atoms. The summed E-state index contributed by atoms with van der Waals surface area (Å²) in [5.74, 6) is 0.689. The summed E-state index contributed by atoms with van der Waals surface area (Å²) in [6.45, 7) is 1.29. The topological polar surface area (TPSA) is 46.6 Å². The van der Waals surface area contributed by atoms with E-state index in [0.29, 0.717) is 17.7 Å². The van der Waals surface area contributed by atoms with Crippen LogP contribution in [0.4, 0.5) is 0 Å². The molecule has 4 rings (SSSR count). The molecule has 3 aromatic carbocycles. The molecule has 0 fully saturated rings. The maximum absolute atomic E-state index is 12.4. The number of amides is 2. The monoisotopic (exact) mass is 483 g/mol. The lowest BCUT2D eigenvalue weighted by Gasteiger charge is -2.13. The van der Waals surface area contributed by atoms with Gasteiger partial charge in [-0.3, -0.25) is 14.5 Å². The van der Waals surface area contributed by atoms with Crippen molar-refractivity contribution in [1.29, 1.82) is 0 Å². The Kier molecular flexibility index (Phi) is 9.72. The fourth-order valence-electron chi connectivity index (χ4n) is 4.86. The first-order valence-corrected chi connectivity index (χ1v) is 13.5. The van der Waals surface area contributed by atoms with E-state index in [1.54, 1.807) is 12.1 Å². The highest BCUT2D eigenvalue weighted by atomic mass is 16.5. The summed E-state index contributed by atoms with van der Waals surface area (Å²) in [5.41, 5.74) is 3.44. The summed E-state index contributed by atoms with van der Waals surface area (Å²) in [7, 11) is 0. The third-order valence-corrected chi connectivity index (χ3v) is 6.88. The fourth-order valence-corrected chi connectivity index (χ4v) is 4.86. The molecule has 4 nitrogen and oxygen atoms in total. The molecule has 1 heterocycles. The van der Waals surface area contributed by atoms with E-state index < -0.39 is 0 Å². The SMILES string of the molecule is O=C1c2ccccc2C(=O)N1CCCCCCCCCCCCOc1ccccc1-c1ccccc1. The van der Waals surface area contributed by atoms with E-state index >= 15 is 0 Å². The van der Waals surface area contributed by atoms with Crippen LogP contribution >= 0.6 is 0 Å². The summed E-state index contributed by atoms with van der Waals surface area (Å²) in [5, 5.41) is 0. The van der Waals surface area contributed by atoms with Crippen molar-refractivity contribution in [2.45, 2.75) is 64.2 Å². The minimum Gasteiger partial charge on any atom is -0.493 e. The van der Waals surface area contributed by atoms with Gasteiger partial charge in [-0.2, -0.15) is 0 Å². The molecule has 0 radical (unpaired) electrons. The van der Waals surface area contributed by atoms with Gasteiger partial charge in [-0.1, -0.05) is 112 Å². The number of carbonyl (C=O) groups excluding carboxylic acids is 2. The van der Waals surface area contributed by atoms with Crippen LogP contribution in [0.3, 0.4) is 0 Å². The van der Waals surface area contributed by atoms with Gasteiger partial charge in [0.15, 0.2) is 0 Å². The lowest BCUT2D eigenvalue weighted by molar-refractivity contribution is 0.0651. The number of fused-ring (bicyclic) bond motifs is 1. The second kappa shape index (κ2) is 13.6. The maximum atomic E-state index is 12.4. The number of imide groups is 1. The first-order chi connectivity index (χ1) is 17.8. The molecule has 1 aliphatic rings. The molecule has 4 heteroatoms. The van der Waals surface area contributed by atoms with Crippen molar-refractivity contribution in [3.05, 3.63) is 90.0 Å². The van der Waals surface area contributed by atoms with Gasteiger partial charge in [0.2, 0.25) is 0 Å². The van der Waals surface area contributed by atoms with Crippen molar-refractivity contribution in [2.24, 2.45) is 0 Å². The number of hydrogen-bond donors (Lipinski definition) is 0. The van der Waals surface area contributed by atoms with Gasteiger partial charge in [0.1, 0.15) is 5.75 Å². The Morgan fingerprint density at radius 2 is 0.972 bits per heavy atom. The lowest BCUT2D eigenvalue weighted by Crippen LogP contribution is -2.30. The van der Waals surface area contributed by atoms with E-state index in [-0.39, 0.29) is 11.8 Å². The van der Waals surface area contributed by atoms with E-state index in [1.165, 1.54) is 49.0 Å². The molecule has 188 valence electrons. The van der Waals surface area contributed by atoms with Crippen LogP contribution < -0.4 is 4.74 Å². The summed E-state index contributed by atoms with van der Waals surface area (Å²) in [6.07, 6.45) is 11.7. The lowest BCUT2D eigenvalue weighted by atomic mass is 10.0. The zero-order chi connectivity index (χ0) is 25.0. The Hall–Kier alpha value is -3.40. The molecular weight excluding hydrogens is 446 g/mol. The Morgan fingerprint density at radius 3 is 1.58 bits per heavy atom. The minimum absolute atomic E-state index is 0.138. The molecule has 0 bridgehead atoms. The van der Waals surface area contributed by atoms with Gasteiger partial charge in [-0.15, -0.1) is 0 Å². The third kappa shape index (κ3) is 6.84. The number of unbranched alkanes of at least 4 members (excludes halogenated alkanes) is 9. The van der Waals surface area contributed by atoms with E-state index in [0.717, 1.165) is 43.6 Å². The standard InChI is InChI=1S/C32H37NO3/c34-31-28-21-12-13-22-29(28)32(35)33(31)24-16-7-5-3-1-2-4-6-8-17-25-36-30-23-15-14-20-27(30)26-18-10-9-11-19-26/h9-15,18-23H,1-8,16-17,24-25H2. The molecule has 0 unspecified atom stereocenters. The van der Waals surface area contributed by atoms with Gasteiger partial charge >= 0.3 is 0 Å². The molecule has 0 saturated heterocycles. The molecule has 2 amide bonds. The second-order valence-electron chi connectivity index (χ2n) is 9.55. The predicted molar refractivity (Wildman–Crippen MR) is 145 cm³/mol. The molecule has 3 aromatic rings. The van der Waals surface area contributed by atoms with Crippen molar-refractivity contribution in [3.8, 4) is 16.9 Å². The van der Waals surface area contributed by atoms with Crippen LogP contribution in [0.25, 0.3) is 11.1 Å². The van der Waals surface area contributed by atoms with Gasteiger partial charge < -0.3 is 4.74 Å². The van der Waals surface area contributed by atoms with Crippen molar-refractivity contribution in [3.63, 3.8) is 0 Å². The normalized spacial score (nSPS) is 12.7. The average molecular weight is 484 g/mol. The van der Waals surface area contributed by atoms with Gasteiger partial charge in [0.05, 0.1) is 17.7 Å². The number of para-hydroxylation sites is 1. The van der Waals surface area contributed by atoms with Crippen LogP contribution in [0, 0.1) is 0 Å². The predicted octanol–water partition coefficient (Wildman–Crippen LogP) is 7.93. The van der Waals surface area contributed by atoms with E-state index in [1.807, 2.05) is 24.3 Å². The molecule has 1 aliphatic heterocycles. The van der Waals surface area contributed by atoms with Crippen molar-refractivity contribution in [2.75, 3.05) is 13.2 Å². The molecule has 36 heavy (non-hydrogen) atoms. The molecule has 0 aliphatic carbocycles. The minimum atomic E-state index is -0.138.